The van der Waals surface area contributed by atoms with Gasteiger partial charge in [0.2, 0.25) is 11.9 Å². The molecule has 1 amide bonds. The summed E-state index contributed by atoms with van der Waals surface area (Å²) in [7, 11) is 1.57. The number of fused-ring (bicyclic) bond motifs is 1. The van der Waals surface area contributed by atoms with Crippen LogP contribution >= 0.6 is 0 Å². The van der Waals surface area contributed by atoms with E-state index >= 15 is 0 Å². The zero-order valence-electron chi connectivity index (χ0n) is 15.1. The fourth-order valence-electron chi connectivity index (χ4n) is 3.11. The minimum absolute atomic E-state index is 0.106. The third-order valence-electron chi connectivity index (χ3n) is 4.55. The van der Waals surface area contributed by atoms with Crippen molar-refractivity contribution < 1.29 is 14.3 Å². The summed E-state index contributed by atoms with van der Waals surface area (Å²) in [5.74, 6) is 1.49. The van der Waals surface area contributed by atoms with E-state index in [0.29, 0.717) is 29.6 Å². The lowest BCUT2D eigenvalue weighted by Crippen LogP contribution is -2.29. The number of amides is 1. The Morgan fingerprint density at radius 3 is 2.82 bits per heavy atom. The van der Waals surface area contributed by atoms with Crippen molar-refractivity contribution in [1.29, 1.82) is 5.26 Å². The number of methoxy groups -OCH3 is 1. The van der Waals surface area contributed by atoms with Crippen LogP contribution in [0, 0.1) is 11.3 Å². The first-order chi connectivity index (χ1) is 13.7. The standard InChI is InChI=1S/C20H17N5O3/c1-27-18-8-15(16-9-19(26)24-20-22-12-23-25(16)20)6-7-17(18)28-11-14-4-2-13(10-21)3-5-14/h2-8,12,16H,9,11H2,1H3,(H,22,23,24,26)/t16-/m1/s1. The SMILES string of the molecule is COc1cc([C@H]2CC(=O)Nc3ncnn32)ccc1OCc1ccc(C#N)cc1. The molecule has 140 valence electrons. The monoisotopic (exact) mass is 375 g/mol. The fraction of sp³-hybridized carbons (Fsp3) is 0.200. The summed E-state index contributed by atoms with van der Waals surface area (Å²) < 4.78 is 13.1. The molecule has 1 aliphatic heterocycles. The zero-order chi connectivity index (χ0) is 19.5. The molecule has 1 N–H and O–H groups in total. The van der Waals surface area contributed by atoms with Gasteiger partial charge in [-0.05, 0) is 35.4 Å². The van der Waals surface area contributed by atoms with Gasteiger partial charge in [-0.1, -0.05) is 18.2 Å². The van der Waals surface area contributed by atoms with E-state index in [4.69, 9.17) is 14.7 Å². The Kier molecular flexibility index (Phi) is 4.64. The predicted molar refractivity (Wildman–Crippen MR) is 99.9 cm³/mol. The van der Waals surface area contributed by atoms with Gasteiger partial charge >= 0.3 is 0 Å². The number of carbonyl (C=O) groups is 1. The maximum atomic E-state index is 12.0. The van der Waals surface area contributed by atoms with E-state index in [1.165, 1.54) is 6.33 Å². The molecule has 0 radical (unpaired) electrons. The molecule has 28 heavy (non-hydrogen) atoms. The lowest BCUT2D eigenvalue weighted by molar-refractivity contribution is -0.117. The summed E-state index contributed by atoms with van der Waals surface area (Å²) in [6.07, 6.45) is 1.69. The molecule has 1 aliphatic rings. The van der Waals surface area contributed by atoms with Gasteiger partial charge in [0.05, 0.1) is 31.2 Å². The van der Waals surface area contributed by atoms with E-state index < -0.39 is 0 Å². The van der Waals surface area contributed by atoms with Gasteiger partial charge in [0.15, 0.2) is 11.5 Å². The van der Waals surface area contributed by atoms with Gasteiger partial charge in [-0.25, -0.2) is 4.68 Å². The van der Waals surface area contributed by atoms with Crippen molar-refractivity contribution in [2.75, 3.05) is 12.4 Å². The smallest absolute Gasteiger partial charge is 0.229 e. The van der Waals surface area contributed by atoms with Crippen LogP contribution in [0.2, 0.25) is 0 Å². The highest BCUT2D eigenvalue weighted by molar-refractivity contribution is 5.91. The van der Waals surface area contributed by atoms with Crippen molar-refractivity contribution >= 4 is 11.9 Å². The molecule has 0 bridgehead atoms. The third kappa shape index (κ3) is 3.38. The van der Waals surface area contributed by atoms with Gasteiger partial charge < -0.3 is 9.47 Å². The van der Waals surface area contributed by atoms with Crippen LogP contribution in [0.1, 0.15) is 29.2 Å². The summed E-state index contributed by atoms with van der Waals surface area (Å²) >= 11 is 0. The summed E-state index contributed by atoms with van der Waals surface area (Å²) in [6.45, 7) is 0.348. The summed E-state index contributed by atoms with van der Waals surface area (Å²) in [5, 5.41) is 15.8. The summed E-state index contributed by atoms with van der Waals surface area (Å²) in [6, 6.07) is 14.6. The molecule has 4 rings (SSSR count). The normalized spacial score (nSPS) is 15.3. The molecule has 1 atom stereocenters. The number of ether oxygens (including phenoxy) is 2. The number of nitrogens with zero attached hydrogens (tertiary/aromatic N) is 4. The van der Waals surface area contributed by atoms with Crippen LogP contribution in [-0.2, 0) is 11.4 Å². The molecule has 0 unspecified atom stereocenters. The Bertz CT molecular complexity index is 1050. The number of rotatable bonds is 5. The van der Waals surface area contributed by atoms with Crippen molar-refractivity contribution in [2.24, 2.45) is 0 Å². The number of benzene rings is 2. The van der Waals surface area contributed by atoms with Crippen molar-refractivity contribution in [3.63, 3.8) is 0 Å². The second-order valence-electron chi connectivity index (χ2n) is 6.30. The number of hydrogen-bond acceptors (Lipinski definition) is 6. The Morgan fingerprint density at radius 2 is 2.07 bits per heavy atom. The van der Waals surface area contributed by atoms with Crippen LogP contribution in [-0.4, -0.2) is 27.8 Å². The average Bonchev–Trinajstić information content (AvgIpc) is 3.20. The first kappa shape index (κ1) is 17.5. The zero-order valence-corrected chi connectivity index (χ0v) is 15.1. The van der Waals surface area contributed by atoms with Gasteiger partial charge in [0, 0.05) is 0 Å². The molecule has 1 aromatic heterocycles. The van der Waals surface area contributed by atoms with Crippen LogP contribution in [0.5, 0.6) is 11.5 Å². The number of nitriles is 1. The number of anilines is 1. The summed E-state index contributed by atoms with van der Waals surface area (Å²) in [5.41, 5.74) is 2.43. The summed E-state index contributed by atoms with van der Waals surface area (Å²) in [4.78, 5) is 16.0. The number of nitrogens with one attached hydrogen (secondary N) is 1. The van der Waals surface area contributed by atoms with E-state index in [0.717, 1.165) is 11.1 Å². The minimum Gasteiger partial charge on any atom is -0.493 e. The predicted octanol–water partition coefficient (Wildman–Crippen LogP) is 2.67. The molecule has 0 saturated carbocycles. The number of carbonyl (C=O) groups excluding carboxylic acids is 1. The molecular weight excluding hydrogens is 358 g/mol. The first-order valence-electron chi connectivity index (χ1n) is 8.67. The molecule has 8 nitrogen and oxygen atoms in total. The fourth-order valence-corrected chi connectivity index (χ4v) is 3.11. The van der Waals surface area contributed by atoms with Crippen molar-refractivity contribution in [1.82, 2.24) is 14.8 Å². The third-order valence-corrected chi connectivity index (χ3v) is 4.55. The molecular formula is C20H17N5O3. The molecule has 0 saturated heterocycles. The number of aromatic nitrogens is 3. The van der Waals surface area contributed by atoms with Gasteiger partial charge in [-0.15, -0.1) is 0 Å². The molecule has 0 spiro atoms. The van der Waals surface area contributed by atoms with Crippen LogP contribution in [0.25, 0.3) is 0 Å². The largest absolute Gasteiger partial charge is 0.493 e. The van der Waals surface area contributed by atoms with E-state index in [2.05, 4.69) is 21.5 Å². The van der Waals surface area contributed by atoms with Gasteiger partial charge in [-0.2, -0.15) is 15.3 Å². The molecule has 0 fully saturated rings. The maximum absolute atomic E-state index is 12.0. The van der Waals surface area contributed by atoms with Crippen LogP contribution in [0.3, 0.4) is 0 Å². The van der Waals surface area contributed by atoms with Crippen molar-refractivity contribution in [3.05, 3.63) is 65.5 Å². The maximum Gasteiger partial charge on any atom is 0.229 e. The lowest BCUT2D eigenvalue weighted by atomic mass is 10.0. The Hall–Kier alpha value is -3.86. The lowest BCUT2D eigenvalue weighted by Gasteiger charge is -2.24. The van der Waals surface area contributed by atoms with Crippen LogP contribution in [0.4, 0.5) is 5.95 Å². The van der Waals surface area contributed by atoms with E-state index in [9.17, 15) is 4.79 Å². The van der Waals surface area contributed by atoms with E-state index in [-0.39, 0.29) is 18.4 Å². The second kappa shape index (κ2) is 7.40. The quantitative estimate of drug-likeness (QED) is 0.736. The van der Waals surface area contributed by atoms with Gasteiger partial charge in [0.1, 0.15) is 12.9 Å². The van der Waals surface area contributed by atoms with E-state index in [1.807, 2.05) is 30.3 Å². The highest BCUT2D eigenvalue weighted by atomic mass is 16.5. The second-order valence-corrected chi connectivity index (χ2v) is 6.30. The first-order valence-corrected chi connectivity index (χ1v) is 8.67. The molecule has 2 heterocycles. The van der Waals surface area contributed by atoms with Crippen molar-refractivity contribution in [2.45, 2.75) is 19.1 Å². The van der Waals surface area contributed by atoms with Gasteiger partial charge in [-0.3, -0.25) is 10.1 Å². The molecule has 2 aromatic carbocycles. The van der Waals surface area contributed by atoms with Crippen LogP contribution < -0.4 is 14.8 Å². The Morgan fingerprint density at radius 1 is 1.25 bits per heavy atom. The number of hydrogen-bond donors (Lipinski definition) is 1. The molecule has 3 aromatic rings. The molecule has 0 aliphatic carbocycles. The molecule has 8 heteroatoms. The van der Waals surface area contributed by atoms with Crippen molar-refractivity contribution in [3.8, 4) is 17.6 Å². The van der Waals surface area contributed by atoms with Crippen LogP contribution in [0.15, 0.2) is 48.8 Å². The highest BCUT2D eigenvalue weighted by Crippen LogP contribution is 2.35. The average molecular weight is 375 g/mol. The minimum atomic E-state index is -0.257. The Balaban J connectivity index is 1.55. The van der Waals surface area contributed by atoms with Gasteiger partial charge in [0.25, 0.3) is 0 Å². The highest BCUT2D eigenvalue weighted by Gasteiger charge is 2.28. The topological polar surface area (TPSA) is 102 Å². The van der Waals surface area contributed by atoms with E-state index in [1.54, 1.807) is 23.9 Å². The Labute approximate surface area is 161 Å².